The van der Waals surface area contributed by atoms with Crippen LogP contribution in [-0.2, 0) is 11.2 Å². The van der Waals surface area contributed by atoms with Crippen LogP contribution in [0.15, 0.2) is 54.6 Å². The molecule has 1 N–H and O–H groups in total. The molecule has 0 unspecified atom stereocenters. The molecule has 1 heterocycles. The van der Waals surface area contributed by atoms with Crippen LogP contribution in [0.25, 0.3) is 0 Å². The summed E-state index contributed by atoms with van der Waals surface area (Å²) in [5.41, 5.74) is 2.34. The first kappa shape index (κ1) is 17.5. The molecular weight excluding hydrogens is 312 g/mol. The van der Waals surface area contributed by atoms with E-state index in [1.54, 1.807) is 0 Å². The average Bonchev–Trinajstić information content (AvgIpc) is 2.68. The number of rotatable bonds is 6. The maximum atomic E-state index is 12.5. The number of nitrogens with zero attached hydrogens (tertiary/aromatic N) is 1. The van der Waals surface area contributed by atoms with Crippen molar-refractivity contribution in [2.45, 2.75) is 25.3 Å². The van der Waals surface area contributed by atoms with Gasteiger partial charge in [0.05, 0.1) is 0 Å². The van der Waals surface area contributed by atoms with E-state index in [9.17, 15) is 4.79 Å². The average molecular weight is 338 g/mol. The second-order valence-electron chi connectivity index (χ2n) is 6.54. The molecule has 1 amide bonds. The lowest BCUT2D eigenvalue weighted by atomic mass is 10.0. The lowest BCUT2D eigenvalue weighted by molar-refractivity contribution is -0.134. The molecule has 0 atom stereocenters. The molecule has 0 aliphatic carbocycles. The number of benzene rings is 2. The maximum absolute atomic E-state index is 12.5. The number of hydrogen-bond acceptors (Lipinski definition) is 3. The first-order valence-corrected chi connectivity index (χ1v) is 8.95. The van der Waals surface area contributed by atoms with Gasteiger partial charge < -0.3 is 15.0 Å². The molecule has 1 aliphatic rings. The summed E-state index contributed by atoms with van der Waals surface area (Å²) in [6.07, 6.45) is 2.81. The van der Waals surface area contributed by atoms with E-state index in [0.717, 1.165) is 43.7 Å². The molecule has 3 rings (SSSR count). The topological polar surface area (TPSA) is 41.6 Å². The minimum Gasteiger partial charge on any atom is -0.483 e. The van der Waals surface area contributed by atoms with Gasteiger partial charge in [-0.25, -0.2) is 0 Å². The van der Waals surface area contributed by atoms with Crippen molar-refractivity contribution in [2.75, 3.05) is 26.7 Å². The lowest BCUT2D eigenvalue weighted by Gasteiger charge is -2.31. The fourth-order valence-corrected chi connectivity index (χ4v) is 3.25. The van der Waals surface area contributed by atoms with Gasteiger partial charge in [0, 0.05) is 19.5 Å². The minimum atomic E-state index is 0.0430. The van der Waals surface area contributed by atoms with Crippen LogP contribution in [0.4, 0.5) is 0 Å². The van der Waals surface area contributed by atoms with Crippen LogP contribution in [0, 0.1) is 0 Å². The number of nitrogens with one attached hydrogen (secondary N) is 1. The summed E-state index contributed by atoms with van der Waals surface area (Å²) in [6, 6.07) is 18.6. The number of hydrogen-bond donors (Lipinski definition) is 1. The Morgan fingerprint density at radius 3 is 2.52 bits per heavy atom. The quantitative estimate of drug-likeness (QED) is 0.881. The standard InChI is InChI=1S/C21H26N2O2/c1-23(19-11-13-22-14-12-19)21(24)16-25-20-10-6-5-9-18(20)15-17-7-3-2-4-8-17/h2-10,19,22H,11-16H2,1H3. The smallest absolute Gasteiger partial charge is 0.260 e. The number of para-hydroxylation sites is 1. The predicted molar refractivity (Wildman–Crippen MR) is 99.8 cm³/mol. The highest BCUT2D eigenvalue weighted by Gasteiger charge is 2.22. The SMILES string of the molecule is CN(C(=O)COc1ccccc1Cc1ccccc1)C1CCNCC1. The van der Waals surface area contributed by atoms with E-state index < -0.39 is 0 Å². The van der Waals surface area contributed by atoms with E-state index in [4.69, 9.17) is 4.74 Å². The van der Waals surface area contributed by atoms with Crippen LogP contribution in [0.3, 0.4) is 0 Å². The van der Waals surface area contributed by atoms with Gasteiger partial charge in [-0.05, 0) is 43.1 Å². The second kappa shape index (κ2) is 8.67. The number of piperidine rings is 1. The molecule has 1 fully saturated rings. The Kier molecular flexibility index (Phi) is 6.07. The van der Waals surface area contributed by atoms with Gasteiger partial charge in [-0.2, -0.15) is 0 Å². The predicted octanol–water partition coefficient (Wildman–Crippen LogP) is 2.87. The Morgan fingerprint density at radius 1 is 1.08 bits per heavy atom. The van der Waals surface area contributed by atoms with E-state index in [1.165, 1.54) is 5.56 Å². The summed E-state index contributed by atoms with van der Waals surface area (Å²) in [5.74, 6) is 0.833. The number of amides is 1. The van der Waals surface area contributed by atoms with Gasteiger partial charge >= 0.3 is 0 Å². The third-order valence-corrected chi connectivity index (χ3v) is 4.81. The van der Waals surface area contributed by atoms with E-state index >= 15 is 0 Å². The minimum absolute atomic E-state index is 0.0430. The normalized spacial score (nSPS) is 14.9. The number of ether oxygens (including phenoxy) is 1. The molecule has 4 nitrogen and oxygen atoms in total. The van der Waals surface area contributed by atoms with Crippen LogP contribution in [-0.4, -0.2) is 43.6 Å². The monoisotopic (exact) mass is 338 g/mol. The molecule has 2 aromatic rings. The van der Waals surface area contributed by atoms with Crippen LogP contribution in [0.1, 0.15) is 24.0 Å². The van der Waals surface area contributed by atoms with E-state index in [0.29, 0.717) is 6.04 Å². The number of likely N-dealkylation sites (N-methyl/N-ethyl adjacent to an activating group) is 1. The molecule has 0 bridgehead atoms. The molecule has 0 aromatic heterocycles. The van der Waals surface area contributed by atoms with Crippen LogP contribution in [0.2, 0.25) is 0 Å². The zero-order chi connectivity index (χ0) is 17.5. The third kappa shape index (κ3) is 4.83. The first-order valence-electron chi connectivity index (χ1n) is 8.95. The second-order valence-corrected chi connectivity index (χ2v) is 6.54. The molecule has 1 saturated heterocycles. The fourth-order valence-electron chi connectivity index (χ4n) is 3.25. The van der Waals surface area contributed by atoms with Crippen molar-refractivity contribution in [3.05, 3.63) is 65.7 Å². The third-order valence-electron chi connectivity index (χ3n) is 4.81. The summed E-state index contributed by atoms with van der Waals surface area (Å²) in [6.45, 7) is 2.04. The summed E-state index contributed by atoms with van der Waals surface area (Å²) in [7, 11) is 1.89. The summed E-state index contributed by atoms with van der Waals surface area (Å²) < 4.78 is 5.88. The Labute approximate surface area is 149 Å². The van der Waals surface area contributed by atoms with Gasteiger partial charge in [0.2, 0.25) is 0 Å². The van der Waals surface area contributed by atoms with E-state index in [2.05, 4.69) is 23.5 Å². The summed E-state index contributed by atoms with van der Waals surface area (Å²) in [4.78, 5) is 14.3. The summed E-state index contributed by atoms with van der Waals surface area (Å²) >= 11 is 0. The van der Waals surface area contributed by atoms with Gasteiger partial charge in [-0.15, -0.1) is 0 Å². The molecule has 0 radical (unpaired) electrons. The Morgan fingerprint density at radius 2 is 1.76 bits per heavy atom. The Balaban J connectivity index is 1.60. The van der Waals surface area contributed by atoms with Crippen molar-refractivity contribution in [1.82, 2.24) is 10.2 Å². The molecule has 4 heteroatoms. The highest BCUT2D eigenvalue weighted by Crippen LogP contribution is 2.21. The molecular formula is C21H26N2O2. The largest absolute Gasteiger partial charge is 0.483 e. The first-order chi connectivity index (χ1) is 12.2. The van der Waals surface area contributed by atoms with Gasteiger partial charge in [0.15, 0.2) is 6.61 Å². The van der Waals surface area contributed by atoms with Gasteiger partial charge in [-0.3, -0.25) is 4.79 Å². The van der Waals surface area contributed by atoms with Crippen molar-refractivity contribution in [1.29, 1.82) is 0 Å². The highest BCUT2D eigenvalue weighted by atomic mass is 16.5. The molecule has 0 saturated carbocycles. The van der Waals surface area contributed by atoms with Crippen LogP contribution in [0.5, 0.6) is 5.75 Å². The van der Waals surface area contributed by atoms with E-state index in [-0.39, 0.29) is 12.5 Å². The zero-order valence-electron chi connectivity index (χ0n) is 14.8. The Bertz CT molecular complexity index is 681. The molecule has 132 valence electrons. The molecule has 2 aromatic carbocycles. The van der Waals surface area contributed by atoms with Crippen molar-refractivity contribution in [2.24, 2.45) is 0 Å². The number of carbonyl (C=O) groups excluding carboxylic acids is 1. The highest BCUT2D eigenvalue weighted by molar-refractivity contribution is 5.77. The van der Waals surface area contributed by atoms with Gasteiger partial charge in [-0.1, -0.05) is 48.5 Å². The van der Waals surface area contributed by atoms with E-state index in [1.807, 2.05) is 48.3 Å². The molecule has 1 aliphatic heterocycles. The van der Waals surface area contributed by atoms with Crippen molar-refractivity contribution in [3.63, 3.8) is 0 Å². The molecule has 0 spiro atoms. The molecule has 25 heavy (non-hydrogen) atoms. The Hall–Kier alpha value is -2.33. The van der Waals surface area contributed by atoms with Crippen molar-refractivity contribution < 1.29 is 9.53 Å². The zero-order valence-corrected chi connectivity index (χ0v) is 14.8. The van der Waals surface area contributed by atoms with Gasteiger partial charge in [0.1, 0.15) is 5.75 Å². The number of carbonyl (C=O) groups is 1. The summed E-state index contributed by atoms with van der Waals surface area (Å²) in [5, 5.41) is 3.33. The van der Waals surface area contributed by atoms with Crippen molar-refractivity contribution >= 4 is 5.91 Å². The fraction of sp³-hybridized carbons (Fsp3) is 0.381. The maximum Gasteiger partial charge on any atom is 0.260 e. The van der Waals surface area contributed by atoms with Crippen LogP contribution < -0.4 is 10.1 Å². The van der Waals surface area contributed by atoms with Crippen molar-refractivity contribution in [3.8, 4) is 5.75 Å². The van der Waals surface area contributed by atoms with Gasteiger partial charge in [0.25, 0.3) is 5.91 Å². The lowest BCUT2D eigenvalue weighted by Crippen LogP contribution is -2.45. The van der Waals surface area contributed by atoms with Crippen LogP contribution >= 0.6 is 0 Å².